The molecule has 0 aromatic heterocycles. The first-order chi connectivity index (χ1) is 10.7. The van der Waals surface area contributed by atoms with E-state index >= 15 is 0 Å². The normalized spacial score (nSPS) is 9.88. The maximum absolute atomic E-state index is 5.94. The molecule has 0 heterocycles. The molecule has 3 nitrogen and oxygen atoms in total. The Labute approximate surface area is 145 Å². The number of ether oxygens (including phenoxy) is 1. The maximum atomic E-state index is 5.94. The van der Waals surface area contributed by atoms with Gasteiger partial charge in [-0.15, -0.1) is 0 Å². The summed E-state index contributed by atoms with van der Waals surface area (Å²) in [7, 11) is 0. The Morgan fingerprint density at radius 3 is 2.29 bits per heavy atom. The van der Waals surface area contributed by atoms with Crippen molar-refractivity contribution in [2.75, 3.05) is 11.5 Å². The highest BCUT2D eigenvalue weighted by Gasteiger charge is 2.03. The monoisotopic (exact) mass is 324 g/mol. The SMILES string of the molecule is C.C.CCc1ccc2cc(OCc3cc(N)ccc3N)ccc2c1. The van der Waals surface area contributed by atoms with E-state index in [0.29, 0.717) is 18.0 Å². The number of hydrogen-bond acceptors (Lipinski definition) is 3. The zero-order valence-electron chi connectivity index (χ0n) is 12.7. The van der Waals surface area contributed by atoms with E-state index in [0.717, 1.165) is 17.7 Å². The van der Waals surface area contributed by atoms with Crippen LogP contribution in [0.5, 0.6) is 5.75 Å². The van der Waals surface area contributed by atoms with Gasteiger partial charge < -0.3 is 16.2 Å². The number of nitrogens with two attached hydrogens (primary N) is 2. The Hall–Kier alpha value is -2.68. The van der Waals surface area contributed by atoms with Crippen LogP contribution in [0, 0.1) is 0 Å². The molecule has 0 saturated carbocycles. The molecule has 0 aliphatic heterocycles. The van der Waals surface area contributed by atoms with Gasteiger partial charge in [-0.3, -0.25) is 0 Å². The Morgan fingerprint density at radius 2 is 1.54 bits per heavy atom. The number of nitrogen functional groups attached to an aromatic ring is 2. The number of hydrogen-bond donors (Lipinski definition) is 2. The van der Waals surface area contributed by atoms with Gasteiger partial charge in [0.1, 0.15) is 12.4 Å². The van der Waals surface area contributed by atoms with Crippen molar-refractivity contribution in [1.82, 2.24) is 0 Å². The average Bonchev–Trinajstić information content (AvgIpc) is 2.55. The molecular formula is C21H28N2O. The van der Waals surface area contributed by atoms with Crippen molar-refractivity contribution >= 4 is 22.1 Å². The molecule has 128 valence electrons. The van der Waals surface area contributed by atoms with Crippen molar-refractivity contribution in [3.63, 3.8) is 0 Å². The Kier molecular flexibility index (Phi) is 6.66. The molecule has 0 aliphatic rings. The highest BCUT2D eigenvalue weighted by Crippen LogP contribution is 2.24. The average molecular weight is 324 g/mol. The molecule has 3 rings (SSSR count). The van der Waals surface area contributed by atoms with Crippen molar-refractivity contribution in [2.45, 2.75) is 34.8 Å². The van der Waals surface area contributed by atoms with Crippen LogP contribution in [0.2, 0.25) is 0 Å². The topological polar surface area (TPSA) is 61.3 Å². The Balaban J connectivity index is 0.00000144. The minimum absolute atomic E-state index is 0. The predicted octanol–water partition coefficient (Wildman–Crippen LogP) is 5.42. The molecule has 0 radical (unpaired) electrons. The van der Waals surface area contributed by atoms with Crippen LogP contribution in [0.15, 0.2) is 54.6 Å². The van der Waals surface area contributed by atoms with Crippen LogP contribution < -0.4 is 16.2 Å². The summed E-state index contributed by atoms with van der Waals surface area (Å²) in [6.45, 7) is 2.57. The largest absolute Gasteiger partial charge is 0.489 e. The van der Waals surface area contributed by atoms with Crippen LogP contribution >= 0.6 is 0 Å². The number of aryl methyl sites for hydroxylation is 1. The van der Waals surface area contributed by atoms with Gasteiger partial charge in [-0.1, -0.05) is 46.0 Å². The standard InChI is InChI=1S/C19H20N2O.2CH4/c1-2-13-3-4-15-11-18(7-5-14(15)9-13)22-12-16-10-17(20)6-8-19(16)21;;/h3-11H,2,12,20-21H2,1H3;2*1H4. The van der Waals surface area contributed by atoms with Crippen LogP contribution in [-0.4, -0.2) is 0 Å². The molecule has 4 N–H and O–H groups in total. The van der Waals surface area contributed by atoms with Gasteiger partial charge in [-0.05, 0) is 53.1 Å². The second-order valence-corrected chi connectivity index (χ2v) is 5.44. The summed E-state index contributed by atoms with van der Waals surface area (Å²) < 4.78 is 5.86. The van der Waals surface area contributed by atoms with Gasteiger partial charge in [0, 0.05) is 16.9 Å². The second-order valence-electron chi connectivity index (χ2n) is 5.44. The van der Waals surface area contributed by atoms with E-state index in [1.165, 1.54) is 16.3 Å². The van der Waals surface area contributed by atoms with Gasteiger partial charge in [0.25, 0.3) is 0 Å². The molecule has 0 amide bonds. The van der Waals surface area contributed by atoms with E-state index in [2.05, 4.69) is 37.3 Å². The minimum atomic E-state index is 0. The van der Waals surface area contributed by atoms with E-state index in [1.54, 1.807) is 12.1 Å². The molecular weight excluding hydrogens is 296 g/mol. The Bertz CT molecular complexity index is 812. The first-order valence-corrected chi connectivity index (χ1v) is 7.45. The van der Waals surface area contributed by atoms with Gasteiger partial charge >= 0.3 is 0 Å². The lowest BCUT2D eigenvalue weighted by Gasteiger charge is -2.10. The molecule has 0 unspecified atom stereocenters. The van der Waals surface area contributed by atoms with Crippen LogP contribution in [0.3, 0.4) is 0 Å². The van der Waals surface area contributed by atoms with Crippen molar-refractivity contribution in [1.29, 1.82) is 0 Å². The van der Waals surface area contributed by atoms with Crippen molar-refractivity contribution in [2.24, 2.45) is 0 Å². The molecule has 0 atom stereocenters. The molecule has 0 bridgehead atoms. The summed E-state index contributed by atoms with van der Waals surface area (Å²) in [6.07, 6.45) is 1.04. The lowest BCUT2D eigenvalue weighted by Crippen LogP contribution is -2.01. The summed E-state index contributed by atoms with van der Waals surface area (Å²) in [6, 6.07) is 18.1. The van der Waals surface area contributed by atoms with Gasteiger partial charge in [0.05, 0.1) is 0 Å². The fourth-order valence-corrected chi connectivity index (χ4v) is 2.49. The fraction of sp³-hybridized carbons (Fsp3) is 0.238. The smallest absolute Gasteiger partial charge is 0.120 e. The number of anilines is 2. The molecule has 3 aromatic rings. The first kappa shape index (κ1) is 19.4. The van der Waals surface area contributed by atoms with Gasteiger partial charge in [0.15, 0.2) is 0 Å². The van der Waals surface area contributed by atoms with E-state index in [1.807, 2.05) is 12.1 Å². The third kappa shape index (κ3) is 4.19. The second kappa shape index (κ2) is 8.25. The highest BCUT2D eigenvalue weighted by atomic mass is 16.5. The predicted molar refractivity (Wildman–Crippen MR) is 106 cm³/mol. The Morgan fingerprint density at radius 1 is 0.833 bits per heavy atom. The van der Waals surface area contributed by atoms with E-state index in [4.69, 9.17) is 16.2 Å². The van der Waals surface area contributed by atoms with E-state index < -0.39 is 0 Å². The van der Waals surface area contributed by atoms with Crippen LogP contribution in [0.25, 0.3) is 10.8 Å². The first-order valence-electron chi connectivity index (χ1n) is 7.45. The van der Waals surface area contributed by atoms with Crippen molar-refractivity contribution < 1.29 is 4.74 Å². The molecule has 3 aromatic carbocycles. The summed E-state index contributed by atoms with van der Waals surface area (Å²) in [5.74, 6) is 0.832. The summed E-state index contributed by atoms with van der Waals surface area (Å²) in [4.78, 5) is 0. The van der Waals surface area contributed by atoms with Gasteiger partial charge in [0.2, 0.25) is 0 Å². The van der Waals surface area contributed by atoms with Crippen molar-refractivity contribution in [3.05, 3.63) is 65.7 Å². The minimum Gasteiger partial charge on any atom is -0.489 e. The van der Waals surface area contributed by atoms with E-state index in [-0.39, 0.29) is 14.9 Å². The molecule has 0 fully saturated rings. The van der Waals surface area contributed by atoms with Crippen LogP contribution in [0.4, 0.5) is 11.4 Å². The van der Waals surface area contributed by atoms with Crippen LogP contribution in [-0.2, 0) is 13.0 Å². The lowest BCUT2D eigenvalue weighted by molar-refractivity contribution is 0.307. The molecule has 0 spiro atoms. The van der Waals surface area contributed by atoms with Crippen molar-refractivity contribution in [3.8, 4) is 5.75 Å². The molecule has 0 saturated heterocycles. The molecule has 24 heavy (non-hydrogen) atoms. The zero-order chi connectivity index (χ0) is 15.5. The maximum Gasteiger partial charge on any atom is 0.120 e. The number of fused-ring (bicyclic) bond motifs is 1. The highest BCUT2D eigenvalue weighted by molar-refractivity contribution is 5.84. The van der Waals surface area contributed by atoms with E-state index in [9.17, 15) is 0 Å². The van der Waals surface area contributed by atoms with Gasteiger partial charge in [-0.2, -0.15) is 0 Å². The third-order valence-corrected chi connectivity index (χ3v) is 3.85. The number of benzene rings is 3. The zero-order valence-corrected chi connectivity index (χ0v) is 12.7. The fourth-order valence-electron chi connectivity index (χ4n) is 2.49. The van der Waals surface area contributed by atoms with Crippen LogP contribution in [0.1, 0.15) is 32.9 Å². The summed E-state index contributed by atoms with van der Waals surface area (Å²) >= 11 is 0. The molecule has 0 aliphatic carbocycles. The summed E-state index contributed by atoms with van der Waals surface area (Å²) in [5, 5.41) is 2.41. The molecule has 3 heteroatoms. The summed E-state index contributed by atoms with van der Waals surface area (Å²) in [5.41, 5.74) is 15.4. The number of rotatable bonds is 4. The third-order valence-electron chi connectivity index (χ3n) is 3.85. The quantitative estimate of drug-likeness (QED) is 0.630. The van der Waals surface area contributed by atoms with Gasteiger partial charge in [-0.25, -0.2) is 0 Å². The lowest BCUT2D eigenvalue weighted by atomic mass is 10.1.